The molecule has 2 aromatic rings. The highest BCUT2D eigenvalue weighted by molar-refractivity contribution is 9.10. The van der Waals surface area contributed by atoms with Crippen molar-refractivity contribution in [3.8, 4) is 11.5 Å². The zero-order valence-electron chi connectivity index (χ0n) is 10.4. The van der Waals surface area contributed by atoms with Gasteiger partial charge in [0.15, 0.2) is 0 Å². The van der Waals surface area contributed by atoms with Gasteiger partial charge in [-0.2, -0.15) is 0 Å². The Kier molecular flexibility index (Phi) is 4.04. The number of ether oxygens (including phenoxy) is 1. The fourth-order valence-corrected chi connectivity index (χ4v) is 2.03. The minimum absolute atomic E-state index is 0.0342. The Morgan fingerprint density at radius 3 is 2.56 bits per heavy atom. The van der Waals surface area contributed by atoms with Crippen LogP contribution in [0.15, 0.2) is 40.9 Å². The van der Waals surface area contributed by atoms with E-state index in [2.05, 4.69) is 22.0 Å². The lowest BCUT2D eigenvalue weighted by molar-refractivity contribution is 0.276. The molecule has 0 heterocycles. The first-order valence-electron chi connectivity index (χ1n) is 5.74. The number of halogens is 1. The summed E-state index contributed by atoms with van der Waals surface area (Å²) >= 11 is 3.41. The van der Waals surface area contributed by atoms with Crippen molar-refractivity contribution in [2.24, 2.45) is 0 Å². The van der Waals surface area contributed by atoms with Gasteiger partial charge >= 0.3 is 0 Å². The van der Waals surface area contributed by atoms with Crippen LogP contribution < -0.4 is 4.74 Å². The molecule has 18 heavy (non-hydrogen) atoms. The Balaban J connectivity index is 2.38. The third-order valence-corrected chi connectivity index (χ3v) is 3.26. The molecule has 2 nitrogen and oxygen atoms in total. The molecule has 2 rings (SSSR count). The van der Waals surface area contributed by atoms with Crippen LogP contribution in [0, 0.1) is 13.8 Å². The lowest BCUT2D eigenvalue weighted by atomic mass is 10.1. The molecule has 0 aromatic heterocycles. The summed E-state index contributed by atoms with van der Waals surface area (Å²) in [4.78, 5) is 0. The van der Waals surface area contributed by atoms with Crippen molar-refractivity contribution >= 4 is 15.9 Å². The summed E-state index contributed by atoms with van der Waals surface area (Å²) < 4.78 is 6.83. The highest BCUT2D eigenvalue weighted by Gasteiger charge is 2.07. The molecule has 3 heteroatoms. The predicted octanol–water partition coefficient (Wildman–Crippen LogP) is 4.35. The minimum Gasteiger partial charge on any atom is -0.457 e. The van der Waals surface area contributed by atoms with Crippen molar-refractivity contribution in [1.82, 2.24) is 0 Å². The second-order valence-electron chi connectivity index (χ2n) is 4.28. The van der Waals surface area contributed by atoms with Crippen LogP contribution >= 0.6 is 15.9 Å². The summed E-state index contributed by atoms with van der Waals surface area (Å²) in [5.41, 5.74) is 3.00. The van der Waals surface area contributed by atoms with Gasteiger partial charge in [0.05, 0.1) is 6.61 Å². The molecule has 1 N–H and O–H groups in total. The van der Waals surface area contributed by atoms with Gasteiger partial charge in [-0.1, -0.05) is 34.1 Å². The smallest absolute Gasteiger partial charge is 0.134 e. The fraction of sp³-hybridized carbons (Fsp3) is 0.200. The van der Waals surface area contributed by atoms with Crippen molar-refractivity contribution in [2.45, 2.75) is 20.5 Å². The monoisotopic (exact) mass is 306 g/mol. The van der Waals surface area contributed by atoms with Crippen molar-refractivity contribution in [3.05, 3.63) is 57.6 Å². The summed E-state index contributed by atoms with van der Waals surface area (Å²) in [5.74, 6) is 1.50. The van der Waals surface area contributed by atoms with Gasteiger partial charge in [-0.15, -0.1) is 0 Å². The Bertz CT molecular complexity index is 564. The molecule has 0 saturated carbocycles. The zero-order valence-corrected chi connectivity index (χ0v) is 12.0. The maximum Gasteiger partial charge on any atom is 0.134 e. The quantitative estimate of drug-likeness (QED) is 0.913. The predicted molar refractivity (Wildman–Crippen MR) is 76.1 cm³/mol. The van der Waals surface area contributed by atoms with Crippen LogP contribution in [0.1, 0.15) is 16.7 Å². The van der Waals surface area contributed by atoms with Gasteiger partial charge in [0.25, 0.3) is 0 Å². The van der Waals surface area contributed by atoms with Gasteiger partial charge in [0, 0.05) is 10.0 Å². The largest absolute Gasteiger partial charge is 0.457 e. The molecule has 0 saturated heterocycles. The number of aliphatic hydroxyl groups is 1. The first-order chi connectivity index (χ1) is 8.60. The van der Waals surface area contributed by atoms with Gasteiger partial charge in [-0.05, 0) is 43.2 Å². The van der Waals surface area contributed by atoms with E-state index in [0.29, 0.717) is 5.75 Å². The second-order valence-corrected chi connectivity index (χ2v) is 5.20. The van der Waals surface area contributed by atoms with E-state index in [0.717, 1.165) is 26.9 Å². The Morgan fingerprint density at radius 2 is 1.83 bits per heavy atom. The third kappa shape index (κ3) is 2.92. The molecule has 0 aliphatic rings. The van der Waals surface area contributed by atoms with E-state index in [1.54, 1.807) is 0 Å². The standard InChI is InChI=1S/C15H15BrO2/c1-10-3-4-11(2)14(7-10)18-15-8-13(16)6-5-12(15)9-17/h3-8,17H,9H2,1-2H3. The molecule has 0 atom stereocenters. The Labute approximate surface area is 115 Å². The number of aryl methyl sites for hydroxylation is 2. The van der Waals surface area contributed by atoms with Crippen LogP contribution in [0.3, 0.4) is 0 Å². The SMILES string of the molecule is Cc1ccc(C)c(Oc2cc(Br)ccc2CO)c1. The number of hydrogen-bond acceptors (Lipinski definition) is 2. The van der Waals surface area contributed by atoms with Crippen molar-refractivity contribution < 1.29 is 9.84 Å². The lowest BCUT2D eigenvalue weighted by Crippen LogP contribution is -1.93. The van der Waals surface area contributed by atoms with Crippen molar-refractivity contribution in [3.63, 3.8) is 0 Å². The molecule has 0 amide bonds. The molecule has 0 unspecified atom stereocenters. The van der Waals surface area contributed by atoms with E-state index in [1.807, 2.05) is 44.2 Å². The maximum absolute atomic E-state index is 9.32. The van der Waals surface area contributed by atoms with E-state index >= 15 is 0 Å². The average Bonchev–Trinajstić information content (AvgIpc) is 2.34. The van der Waals surface area contributed by atoms with Gasteiger partial charge in [0.2, 0.25) is 0 Å². The van der Waals surface area contributed by atoms with Crippen LogP contribution in [-0.2, 0) is 6.61 Å². The summed E-state index contributed by atoms with van der Waals surface area (Å²) in [6.45, 7) is 4.00. The molecule has 0 radical (unpaired) electrons. The second kappa shape index (κ2) is 5.55. The van der Waals surface area contributed by atoms with Crippen LogP contribution in [-0.4, -0.2) is 5.11 Å². The Morgan fingerprint density at radius 1 is 1.06 bits per heavy atom. The topological polar surface area (TPSA) is 29.5 Å². The molecule has 94 valence electrons. The maximum atomic E-state index is 9.32. The van der Waals surface area contributed by atoms with Crippen LogP contribution in [0.4, 0.5) is 0 Å². The van der Waals surface area contributed by atoms with Gasteiger partial charge in [-0.25, -0.2) is 0 Å². The highest BCUT2D eigenvalue weighted by atomic mass is 79.9. The molecule has 2 aromatic carbocycles. The van der Waals surface area contributed by atoms with Gasteiger partial charge in [0.1, 0.15) is 11.5 Å². The van der Waals surface area contributed by atoms with E-state index < -0.39 is 0 Å². The molecule has 0 aliphatic heterocycles. The van der Waals surface area contributed by atoms with Crippen LogP contribution in [0.25, 0.3) is 0 Å². The van der Waals surface area contributed by atoms with Crippen LogP contribution in [0.2, 0.25) is 0 Å². The molecular weight excluding hydrogens is 292 g/mol. The summed E-state index contributed by atoms with van der Waals surface area (Å²) in [6, 6.07) is 11.7. The Hall–Kier alpha value is -1.32. The number of rotatable bonds is 3. The first-order valence-corrected chi connectivity index (χ1v) is 6.54. The summed E-state index contributed by atoms with van der Waals surface area (Å²) in [5, 5.41) is 9.32. The average molecular weight is 307 g/mol. The summed E-state index contributed by atoms with van der Waals surface area (Å²) in [7, 11) is 0. The van der Waals surface area contributed by atoms with Crippen molar-refractivity contribution in [1.29, 1.82) is 0 Å². The third-order valence-electron chi connectivity index (χ3n) is 2.76. The minimum atomic E-state index is -0.0342. The van der Waals surface area contributed by atoms with E-state index in [9.17, 15) is 5.11 Å². The van der Waals surface area contributed by atoms with Gasteiger partial charge < -0.3 is 9.84 Å². The molecule has 0 bridgehead atoms. The first kappa shape index (κ1) is 13.1. The van der Waals surface area contributed by atoms with Gasteiger partial charge in [-0.3, -0.25) is 0 Å². The lowest BCUT2D eigenvalue weighted by Gasteiger charge is -2.12. The molecule has 0 spiro atoms. The normalized spacial score (nSPS) is 10.4. The number of aliphatic hydroxyl groups excluding tert-OH is 1. The van der Waals surface area contributed by atoms with Crippen LogP contribution in [0.5, 0.6) is 11.5 Å². The van der Waals surface area contributed by atoms with Crippen molar-refractivity contribution in [2.75, 3.05) is 0 Å². The molecule has 0 aliphatic carbocycles. The van der Waals surface area contributed by atoms with E-state index in [1.165, 1.54) is 0 Å². The number of hydrogen-bond donors (Lipinski definition) is 1. The highest BCUT2D eigenvalue weighted by Crippen LogP contribution is 2.31. The van der Waals surface area contributed by atoms with E-state index in [4.69, 9.17) is 4.74 Å². The molecule has 0 fully saturated rings. The fourth-order valence-electron chi connectivity index (χ4n) is 1.69. The molecular formula is C15H15BrO2. The summed E-state index contributed by atoms with van der Waals surface area (Å²) in [6.07, 6.45) is 0. The van der Waals surface area contributed by atoms with E-state index in [-0.39, 0.29) is 6.61 Å². The number of benzene rings is 2. The zero-order chi connectivity index (χ0) is 13.1.